The Morgan fingerprint density at radius 1 is 0.933 bits per heavy atom. The number of amides is 2. The molecule has 4 aromatic rings. The van der Waals surface area contributed by atoms with Crippen LogP contribution in [0.3, 0.4) is 0 Å². The Kier molecular flexibility index (Phi) is 5.02. The second kappa shape index (κ2) is 7.79. The number of carbonyl (C=O) groups excluding carboxylic acids is 1. The predicted octanol–water partition coefficient (Wildman–Crippen LogP) is 4.96. The van der Waals surface area contributed by atoms with Crippen molar-refractivity contribution in [1.82, 2.24) is 9.71 Å². The number of nitrogens with one attached hydrogen (secondary N) is 2. The highest BCUT2D eigenvalue weighted by Gasteiger charge is 2.12. The molecule has 2 amide bonds. The minimum absolute atomic E-state index is 0.328. The van der Waals surface area contributed by atoms with Gasteiger partial charge in [0.2, 0.25) is 0 Å². The zero-order valence-electron chi connectivity index (χ0n) is 17.0. The minimum atomic E-state index is -0.328. The third-order valence-corrected chi connectivity index (χ3v) is 4.83. The zero-order valence-corrected chi connectivity index (χ0v) is 17.0. The van der Waals surface area contributed by atoms with Gasteiger partial charge in [-0.2, -0.15) is 4.73 Å². The van der Waals surface area contributed by atoms with Gasteiger partial charge in [-0.1, -0.05) is 6.07 Å². The largest absolute Gasteiger partial charge is 0.426 e. The molecule has 4 rings (SSSR count). The van der Waals surface area contributed by atoms with Gasteiger partial charge < -0.3 is 20.7 Å². The zero-order chi connectivity index (χ0) is 21.3. The molecule has 7 nitrogen and oxygen atoms in total. The first-order valence-corrected chi connectivity index (χ1v) is 9.55. The van der Waals surface area contributed by atoms with E-state index in [0.29, 0.717) is 22.7 Å². The second-order valence-electron chi connectivity index (χ2n) is 7.34. The van der Waals surface area contributed by atoms with Gasteiger partial charge in [-0.25, -0.2) is 9.78 Å². The molecule has 0 radical (unpaired) electrons. The number of urea groups is 1. The quantitative estimate of drug-likeness (QED) is 0.422. The molecule has 0 bridgehead atoms. The summed E-state index contributed by atoms with van der Waals surface area (Å²) in [6.07, 6.45) is 0. The lowest BCUT2D eigenvalue weighted by atomic mass is 10.2. The van der Waals surface area contributed by atoms with E-state index < -0.39 is 0 Å². The topological polar surface area (TPSA) is 82.4 Å². The van der Waals surface area contributed by atoms with Gasteiger partial charge in [-0.15, -0.1) is 0 Å². The Labute approximate surface area is 174 Å². The van der Waals surface area contributed by atoms with Crippen LogP contribution in [-0.2, 0) is 0 Å². The average Bonchev–Trinajstić information content (AvgIpc) is 3.05. The van der Waals surface area contributed by atoms with Gasteiger partial charge in [-0.3, -0.25) is 0 Å². The summed E-state index contributed by atoms with van der Waals surface area (Å²) in [5.74, 6) is 0.451. The molecule has 0 fully saturated rings. The Bertz CT molecular complexity index is 1190. The number of hydrogen-bond donors (Lipinski definition) is 3. The molecule has 30 heavy (non-hydrogen) atoms. The average molecular weight is 401 g/mol. The normalized spacial score (nSPS) is 10.8. The van der Waals surface area contributed by atoms with Crippen molar-refractivity contribution >= 4 is 34.1 Å². The number of aryl methyl sites for hydroxylation is 1. The van der Waals surface area contributed by atoms with Crippen molar-refractivity contribution in [2.75, 3.05) is 29.6 Å². The fourth-order valence-corrected chi connectivity index (χ4v) is 3.20. The third-order valence-electron chi connectivity index (χ3n) is 4.83. The molecule has 0 spiro atoms. The molecule has 0 aliphatic heterocycles. The van der Waals surface area contributed by atoms with E-state index in [1.54, 1.807) is 12.1 Å². The molecule has 1 aromatic heterocycles. The van der Waals surface area contributed by atoms with Crippen LogP contribution in [0.4, 0.5) is 21.9 Å². The summed E-state index contributed by atoms with van der Waals surface area (Å²) < 4.78 is 1.09. The van der Waals surface area contributed by atoms with Gasteiger partial charge in [0, 0.05) is 36.7 Å². The lowest BCUT2D eigenvalue weighted by molar-refractivity contribution is 0.203. The highest BCUT2D eigenvalue weighted by Crippen LogP contribution is 2.25. The molecular weight excluding hydrogens is 378 g/mol. The van der Waals surface area contributed by atoms with Gasteiger partial charge in [-0.05, 0) is 73.2 Å². The maximum atomic E-state index is 12.3. The Morgan fingerprint density at radius 2 is 1.53 bits per heavy atom. The van der Waals surface area contributed by atoms with E-state index in [2.05, 4.69) is 15.6 Å². The molecule has 3 N–H and O–H groups in total. The fourth-order valence-electron chi connectivity index (χ4n) is 3.20. The summed E-state index contributed by atoms with van der Waals surface area (Å²) in [7, 11) is 3.93. The molecular formula is C23H23N5O2. The van der Waals surface area contributed by atoms with Crippen molar-refractivity contribution in [3.63, 3.8) is 0 Å². The van der Waals surface area contributed by atoms with Crippen LogP contribution >= 0.6 is 0 Å². The highest BCUT2D eigenvalue weighted by atomic mass is 16.5. The fraction of sp³-hybridized carbons (Fsp3) is 0.130. The van der Waals surface area contributed by atoms with E-state index in [0.717, 1.165) is 27.1 Å². The number of carbonyl (C=O) groups is 1. The van der Waals surface area contributed by atoms with Crippen LogP contribution in [0.25, 0.3) is 22.4 Å². The summed E-state index contributed by atoms with van der Waals surface area (Å²) in [4.78, 5) is 18.8. The lowest BCUT2D eigenvalue weighted by Crippen LogP contribution is -2.19. The van der Waals surface area contributed by atoms with E-state index in [1.165, 1.54) is 0 Å². The molecule has 7 heteroatoms. The first-order chi connectivity index (χ1) is 14.4. The number of aromatic nitrogens is 2. The monoisotopic (exact) mass is 401 g/mol. The van der Waals surface area contributed by atoms with Gasteiger partial charge in [0.1, 0.15) is 5.52 Å². The van der Waals surface area contributed by atoms with E-state index in [9.17, 15) is 10.0 Å². The van der Waals surface area contributed by atoms with E-state index >= 15 is 0 Å². The number of anilines is 3. The summed E-state index contributed by atoms with van der Waals surface area (Å²) in [5.41, 5.74) is 5.58. The molecule has 0 atom stereocenters. The van der Waals surface area contributed by atoms with Crippen molar-refractivity contribution in [2.45, 2.75) is 6.92 Å². The molecule has 0 saturated carbocycles. The molecule has 0 aliphatic carbocycles. The third kappa shape index (κ3) is 3.91. The number of fused-ring (bicyclic) bond motifs is 1. The van der Waals surface area contributed by atoms with Crippen molar-refractivity contribution in [1.29, 1.82) is 0 Å². The number of imidazole rings is 1. The Morgan fingerprint density at radius 3 is 2.13 bits per heavy atom. The van der Waals surface area contributed by atoms with Crippen LogP contribution < -0.4 is 15.5 Å². The number of benzene rings is 3. The van der Waals surface area contributed by atoms with E-state index in [-0.39, 0.29) is 6.03 Å². The first kappa shape index (κ1) is 19.3. The smallest absolute Gasteiger partial charge is 0.323 e. The lowest BCUT2D eigenvalue weighted by Gasteiger charge is -2.13. The number of nitrogens with zero attached hydrogens (tertiary/aromatic N) is 3. The molecule has 3 aromatic carbocycles. The minimum Gasteiger partial charge on any atom is -0.426 e. The molecule has 152 valence electrons. The number of rotatable bonds is 4. The van der Waals surface area contributed by atoms with Crippen molar-refractivity contribution in [3.05, 3.63) is 72.3 Å². The Hall–Kier alpha value is -4.00. The first-order valence-electron chi connectivity index (χ1n) is 9.55. The van der Waals surface area contributed by atoms with Crippen LogP contribution in [0.5, 0.6) is 0 Å². The molecule has 0 saturated heterocycles. The van der Waals surface area contributed by atoms with Crippen LogP contribution in [0.1, 0.15) is 5.56 Å². The highest BCUT2D eigenvalue weighted by molar-refractivity contribution is 6.00. The van der Waals surface area contributed by atoms with Crippen LogP contribution in [0.2, 0.25) is 0 Å². The maximum Gasteiger partial charge on any atom is 0.323 e. The van der Waals surface area contributed by atoms with Gasteiger partial charge in [0.15, 0.2) is 5.82 Å². The van der Waals surface area contributed by atoms with Crippen molar-refractivity contribution in [2.24, 2.45) is 0 Å². The van der Waals surface area contributed by atoms with Crippen LogP contribution in [0, 0.1) is 6.92 Å². The van der Waals surface area contributed by atoms with E-state index in [4.69, 9.17) is 0 Å². The predicted molar refractivity (Wildman–Crippen MR) is 121 cm³/mol. The van der Waals surface area contributed by atoms with Crippen molar-refractivity contribution in [3.8, 4) is 11.4 Å². The molecule has 0 aliphatic rings. The van der Waals surface area contributed by atoms with Gasteiger partial charge in [0.05, 0.1) is 5.52 Å². The van der Waals surface area contributed by atoms with Crippen LogP contribution in [0.15, 0.2) is 66.7 Å². The summed E-state index contributed by atoms with van der Waals surface area (Å²) in [6, 6.07) is 20.1. The standard InChI is InChI=1S/C23H23N5O2/c1-15-4-13-20-21(14-15)28(30)22(26-20)16-5-7-17(8-6-16)24-23(29)25-18-9-11-19(12-10-18)27(2)3/h4-14,30H,1-3H3,(H2,24,25,29). The summed E-state index contributed by atoms with van der Waals surface area (Å²) in [5, 5.41) is 16.1. The maximum absolute atomic E-state index is 12.3. The molecule has 1 heterocycles. The van der Waals surface area contributed by atoms with Crippen molar-refractivity contribution < 1.29 is 10.0 Å². The van der Waals surface area contributed by atoms with Gasteiger partial charge in [0.25, 0.3) is 0 Å². The van der Waals surface area contributed by atoms with Gasteiger partial charge >= 0.3 is 6.03 Å². The number of hydrogen-bond acceptors (Lipinski definition) is 4. The van der Waals surface area contributed by atoms with E-state index in [1.807, 2.05) is 80.5 Å². The second-order valence-corrected chi connectivity index (χ2v) is 7.34. The summed E-state index contributed by atoms with van der Waals surface area (Å²) >= 11 is 0. The summed E-state index contributed by atoms with van der Waals surface area (Å²) in [6.45, 7) is 1.97. The molecule has 0 unspecified atom stereocenters. The van der Waals surface area contributed by atoms with Crippen LogP contribution in [-0.4, -0.2) is 35.0 Å². The SMILES string of the molecule is Cc1ccc2nc(-c3ccc(NC(=O)Nc4ccc(N(C)C)cc4)cc3)n(O)c2c1. The Balaban J connectivity index is 1.46.